The normalized spacial score (nSPS) is 18.4. The minimum absolute atomic E-state index is 0.0993. The lowest BCUT2D eigenvalue weighted by molar-refractivity contribution is 0.377. The number of hydrogen-bond acceptors (Lipinski definition) is 3. The van der Waals surface area contributed by atoms with Crippen LogP contribution >= 0.6 is 11.6 Å². The zero-order chi connectivity index (χ0) is 20.5. The predicted molar refractivity (Wildman–Crippen MR) is 118 cm³/mol. The van der Waals surface area contributed by atoms with Gasteiger partial charge in [-0.05, 0) is 68.5 Å². The summed E-state index contributed by atoms with van der Waals surface area (Å²) in [4.78, 5) is 2.44. The Kier molecular flexibility index (Phi) is 5.72. The smallest absolute Gasteiger partial charge is 0.128 e. The summed E-state index contributed by atoms with van der Waals surface area (Å²) in [7, 11) is 1.68. The highest BCUT2D eigenvalue weighted by Gasteiger charge is 2.36. The summed E-state index contributed by atoms with van der Waals surface area (Å²) in [6.07, 6.45) is 2.98. The van der Waals surface area contributed by atoms with Crippen molar-refractivity contribution in [2.75, 3.05) is 18.6 Å². The number of nitrogens with zero attached hydrogens (tertiary/aromatic N) is 2. The molecule has 4 heteroatoms. The van der Waals surface area contributed by atoms with Crippen molar-refractivity contribution in [1.82, 2.24) is 0 Å². The fourth-order valence-electron chi connectivity index (χ4n) is 4.41. The third kappa shape index (κ3) is 3.75. The van der Waals surface area contributed by atoms with Gasteiger partial charge in [-0.3, -0.25) is 0 Å². The summed E-state index contributed by atoms with van der Waals surface area (Å²) in [6.45, 7) is 9.99. The molecule has 0 amide bonds. The highest BCUT2D eigenvalue weighted by Crippen LogP contribution is 2.46. The number of methoxy groups -OCH3 is 1. The van der Waals surface area contributed by atoms with Gasteiger partial charge in [0.25, 0.3) is 0 Å². The van der Waals surface area contributed by atoms with E-state index in [-0.39, 0.29) is 5.54 Å². The first-order chi connectivity index (χ1) is 13.3. The molecule has 2 aromatic carbocycles. The first-order valence-electron chi connectivity index (χ1n) is 9.68. The van der Waals surface area contributed by atoms with Crippen LogP contribution in [0.5, 0.6) is 5.75 Å². The average molecular weight is 395 g/mol. The van der Waals surface area contributed by atoms with Crippen molar-refractivity contribution < 1.29 is 4.74 Å². The van der Waals surface area contributed by atoms with E-state index >= 15 is 0 Å². The van der Waals surface area contributed by atoms with E-state index in [4.69, 9.17) is 16.3 Å². The summed E-state index contributed by atoms with van der Waals surface area (Å²) in [5.74, 6) is 1.21. The van der Waals surface area contributed by atoms with E-state index in [1.807, 2.05) is 30.3 Å². The van der Waals surface area contributed by atoms with Gasteiger partial charge in [0, 0.05) is 34.4 Å². The van der Waals surface area contributed by atoms with Crippen molar-refractivity contribution in [3.8, 4) is 11.8 Å². The van der Waals surface area contributed by atoms with Crippen LogP contribution in [0.2, 0.25) is 5.02 Å². The largest absolute Gasteiger partial charge is 0.496 e. The molecule has 0 radical (unpaired) electrons. The van der Waals surface area contributed by atoms with E-state index < -0.39 is 0 Å². The third-order valence-electron chi connectivity index (χ3n) is 5.61. The van der Waals surface area contributed by atoms with Gasteiger partial charge in [-0.2, -0.15) is 5.26 Å². The van der Waals surface area contributed by atoms with Crippen LogP contribution in [0.25, 0.3) is 11.6 Å². The summed E-state index contributed by atoms with van der Waals surface area (Å²) in [5, 5.41) is 10.3. The van der Waals surface area contributed by atoms with Crippen LogP contribution in [-0.2, 0) is 0 Å². The molecule has 0 fully saturated rings. The molecule has 3 nitrogen and oxygen atoms in total. The number of nitriles is 1. The Morgan fingerprint density at radius 2 is 2.11 bits per heavy atom. The van der Waals surface area contributed by atoms with Gasteiger partial charge in [-0.1, -0.05) is 30.7 Å². The Labute approximate surface area is 173 Å². The fraction of sp³-hybridized carbons (Fsp3) is 0.375. The maximum absolute atomic E-state index is 9.72. The summed E-state index contributed by atoms with van der Waals surface area (Å²) in [5.41, 5.74) is 4.91. The van der Waals surface area contributed by atoms with Gasteiger partial charge in [0.2, 0.25) is 0 Å². The van der Waals surface area contributed by atoms with Gasteiger partial charge in [-0.15, -0.1) is 0 Å². The lowest BCUT2D eigenvalue weighted by Crippen LogP contribution is -2.48. The van der Waals surface area contributed by atoms with Crippen LogP contribution < -0.4 is 9.64 Å². The molecule has 0 saturated heterocycles. The summed E-state index contributed by atoms with van der Waals surface area (Å²) >= 11 is 6.11. The Balaban J connectivity index is 2.16. The summed E-state index contributed by atoms with van der Waals surface area (Å²) in [6, 6.07) is 14.0. The molecule has 1 unspecified atom stereocenters. The average Bonchev–Trinajstić information content (AvgIpc) is 2.65. The van der Waals surface area contributed by atoms with Crippen molar-refractivity contribution in [1.29, 1.82) is 5.26 Å². The number of fused-ring (bicyclic) bond motifs is 1. The molecule has 0 aromatic heterocycles. The highest BCUT2D eigenvalue weighted by atomic mass is 35.5. The molecule has 2 aromatic rings. The number of rotatable bonds is 4. The number of allylic oxidation sites excluding steroid dienone is 1. The topological polar surface area (TPSA) is 36.3 Å². The molecular formula is C24H27ClN2O. The highest BCUT2D eigenvalue weighted by molar-refractivity contribution is 6.30. The zero-order valence-electron chi connectivity index (χ0n) is 17.2. The van der Waals surface area contributed by atoms with Crippen molar-refractivity contribution in [3.05, 3.63) is 58.1 Å². The van der Waals surface area contributed by atoms with Gasteiger partial charge in [0.15, 0.2) is 0 Å². The molecule has 3 rings (SSSR count). The predicted octanol–water partition coefficient (Wildman–Crippen LogP) is 6.52. The maximum Gasteiger partial charge on any atom is 0.128 e. The fourth-order valence-corrected chi connectivity index (χ4v) is 4.60. The molecule has 0 saturated carbocycles. The monoisotopic (exact) mass is 394 g/mol. The van der Waals surface area contributed by atoms with Crippen molar-refractivity contribution in [2.24, 2.45) is 0 Å². The van der Waals surface area contributed by atoms with Crippen molar-refractivity contribution in [3.63, 3.8) is 0 Å². The first kappa shape index (κ1) is 20.3. The number of hydrogen-bond donors (Lipinski definition) is 0. The first-order valence-corrected chi connectivity index (χ1v) is 10.1. The maximum atomic E-state index is 9.72. The van der Waals surface area contributed by atoms with Crippen LogP contribution in [0.1, 0.15) is 56.7 Å². The van der Waals surface area contributed by atoms with Crippen molar-refractivity contribution in [2.45, 2.75) is 45.6 Å². The van der Waals surface area contributed by atoms with Crippen LogP contribution in [0.4, 0.5) is 5.69 Å². The van der Waals surface area contributed by atoms with Crippen LogP contribution in [0.3, 0.4) is 0 Å². The van der Waals surface area contributed by atoms with Gasteiger partial charge >= 0.3 is 0 Å². The molecule has 28 heavy (non-hydrogen) atoms. The van der Waals surface area contributed by atoms with E-state index in [9.17, 15) is 5.26 Å². The van der Waals surface area contributed by atoms with Crippen LogP contribution in [0, 0.1) is 11.3 Å². The van der Waals surface area contributed by atoms with Crippen LogP contribution in [-0.4, -0.2) is 19.2 Å². The van der Waals surface area contributed by atoms with Gasteiger partial charge < -0.3 is 9.64 Å². The van der Waals surface area contributed by atoms with E-state index in [2.05, 4.69) is 50.8 Å². The Morgan fingerprint density at radius 3 is 2.71 bits per heavy atom. The molecule has 146 valence electrons. The molecule has 1 atom stereocenters. The number of ether oxygens (including phenoxy) is 1. The molecule has 0 N–H and O–H groups in total. The molecule has 0 bridgehead atoms. The SMILES string of the molecule is CCN1c2cc(OC)c(/C=C(\C#N)c3cccc(Cl)c3)cc2C(C)CC1(C)C. The second kappa shape index (κ2) is 7.89. The number of anilines is 1. The minimum atomic E-state index is 0.0993. The van der Waals surface area contributed by atoms with Gasteiger partial charge in [-0.25, -0.2) is 0 Å². The van der Waals surface area contributed by atoms with Gasteiger partial charge in [0.05, 0.1) is 18.8 Å². The Bertz CT molecular complexity index is 956. The second-order valence-corrected chi connectivity index (χ2v) is 8.43. The summed E-state index contributed by atoms with van der Waals surface area (Å²) < 4.78 is 5.71. The molecule has 1 aliphatic rings. The number of benzene rings is 2. The Morgan fingerprint density at radius 1 is 1.36 bits per heavy atom. The van der Waals surface area contributed by atoms with Crippen molar-refractivity contribution >= 4 is 28.9 Å². The standard InChI is InChI=1S/C24H27ClN2O/c1-6-27-22-13-23(28-5)18(12-21(22)16(2)14-24(27,3)4)10-19(15-26)17-8-7-9-20(25)11-17/h7-13,16H,6,14H2,1-5H3/b19-10+. The zero-order valence-corrected chi connectivity index (χ0v) is 18.0. The van der Waals surface area contributed by atoms with Gasteiger partial charge in [0.1, 0.15) is 5.75 Å². The second-order valence-electron chi connectivity index (χ2n) is 8.00. The van der Waals surface area contributed by atoms with E-state index in [0.717, 1.165) is 29.8 Å². The quantitative estimate of drug-likeness (QED) is 0.437. The Hall–Kier alpha value is -2.44. The third-order valence-corrected chi connectivity index (χ3v) is 5.84. The number of halogens is 1. The van der Waals surface area contributed by atoms with E-state index in [0.29, 0.717) is 16.5 Å². The van der Waals surface area contributed by atoms with E-state index in [1.54, 1.807) is 7.11 Å². The molecule has 0 spiro atoms. The molecular weight excluding hydrogens is 368 g/mol. The molecule has 1 heterocycles. The van der Waals surface area contributed by atoms with E-state index in [1.165, 1.54) is 11.3 Å². The lowest BCUT2D eigenvalue weighted by atomic mass is 9.79. The van der Waals surface area contributed by atoms with Crippen LogP contribution in [0.15, 0.2) is 36.4 Å². The molecule has 1 aliphatic heterocycles. The lowest BCUT2D eigenvalue weighted by Gasteiger charge is -2.47. The molecule has 0 aliphatic carbocycles. The minimum Gasteiger partial charge on any atom is -0.496 e.